The van der Waals surface area contributed by atoms with Gasteiger partial charge in [0.2, 0.25) is 5.91 Å². The van der Waals surface area contributed by atoms with Gasteiger partial charge in [0, 0.05) is 17.8 Å². The summed E-state index contributed by atoms with van der Waals surface area (Å²) in [6.07, 6.45) is 2.38. The average molecular weight is 433 g/mol. The van der Waals surface area contributed by atoms with Gasteiger partial charge in [0.15, 0.2) is 0 Å². The molecule has 9 heteroatoms. The van der Waals surface area contributed by atoms with E-state index in [1.807, 2.05) is 23.6 Å². The molecule has 0 radical (unpaired) electrons. The summed E-state index contributed by atoms with van der Waals surface area (Å²) in [4.78, 5) is 38.9. The van der Waals surface area contributed by atoms with Crippen LogP contribution in [0.25, 0.3) is 6.08 Å². The number of thioether (sulfide) groups is 1. The smallest absolute Gasteiger partial charge is 0.337 e. The lowest BCUT2D eigenvalue weighted by atomic mass is 10.1. The van der Waals surface area contributed by atoms with Gasteiger partial charge < -0.3 is 10.4 Å². The Kier molecular flexibility index (Phi) is 6.61. The van der Waals surface area contributed by atoms with Crippen molar-refractivity contribution in [3.63, 3.8) is 0 Å². The van der Waals surface area contributed by atoms with Crippen molar-refractivity contribution in [3.8, 4) is 0 Å². The van der Waals surface area contributed by atoms with E-state index in [0.717, 1.165) is 4.88 Å². The second kappa shape index (κ2) is 9.13. The molecule has 28 heavy (non-hydrogen) atoms. The van der Waals surface area contributed by atoms with E-state index in [9.17, 15) is 14.4 Å². The zero-order valence-electron chi connectivity index (χ0n) is 14.6. The van der Waals surface area contributed by atoms with Crippen molar-refractivity contribution in [2.45, 2.75) is 12.8 Å². The van der Waals surface area contributed by atoms with Crippen LogP contribution < -0.4 is 5.32 Å². The van der Waals surface area contributed by atoms with Crippen LogP contribution in [0.4, 0.5) is 5.69 Å². The lowest BCUT2D eigenvalue weighted by molar-refractivity contribution is -0.122. The number of carbonyl (C=O) groups excluding carboxylic acids is 2. The molecule has 0 bridgehead atoms. The number of para-hydroxylation sites is 1. The topological polar surface area (TPSA) is 86.7 Å². The molecule has 144 valence electrons. The second-order valence-electron chi connectivity index (χ2n) is 5.85. The molecule has 2 aromatic rings. The number of amides is 2. The van der Waals surface area contributed by atoms with Crippen LogP contribution in [-0.2, 0) is 9.59 Å². The largest absolute Gasteiger partial charge is 0.478 e. The van der Waals surface area contributed by atoms with Crippen LogP contribution in [0.15, 0.2) is 46.7 Å². The molecule has 1 aliphatic rings. The van der Waals surface area contributed by atoms with Gasteiger partial charge in [0.25, 0.3) is 5.91 Å². The number of nitrogens with one attached hydrogen (secondary N) is 1. The number of carboxylic acids is 1. The van der Waals surface area contributed by atoms with Gasteiger partial charge in [-0.15, -0.1) is 11.3 Å². The SMILES string of the molecule is O=C(CCCN1C(=O)/C(=C/c2cccs2)SC1=S)Nc1ccccc1C(=O)O. The fourth-order valence-electron chi connectivity index (χ4n) is 2.58. The fourth-order valence-corrected chi connectivity index (χ4v) is 4.62. The van der Waals surface area contributed by atoms with Gasteiger partial charge in [-0.2, -0.15) is 0 Å². The zero-order chi connectivity index (χ0) is 20.1. The lowest BCUT2D eigenvalue weighted by Crippen LogP contribution is -2.29. The predicted molar refractivity (Wildman–Crippen MR) is 115 cm³/mol. The standard InChI is InChI=1S/C19H16N2O4S3/c22-16(20-14-7-2-1-6-13(14)18(24)25)8-3-9-21-17(23)15(28-19(21)26)11-12-5-4-10-27-12/h1-2,4-7,10-11H,3,8-9H2,(H,20,22)(H,24,25)/b15-11-. The molecule has 6 nitrogen and oxygen atoms in total. The van der Waals surface area contributed by atoms with Gasteiger partial charge in [0.05, 0.1) is 16.2 Å². The minimum absolute atomic E-state index is 0.0338. The summed E-state index contributed by atoms with van der Waals surface area (Å²) in [6.45, 7) is 0.334. The quantitative estimate of drug-likeness (QED) is 0.507. The summed E-state index contributed by atoms with van der Waals surface area (Å²) in [6, 6.07) is 10.1. The predicted octanol–water partition coefficient (Wildman–Crippen LogP) is 4.07. The number of anilines is 1. The third kappa shape index (κ3) is 4.86. The van der Waals surface area contributed by atoms with E-state index < -0.39 is 5.97 Å². The van der Waals surface area contributed by atoms with Crippen molar-refractivity contribution >= 4 is 69.2 Å². The van der Waals surface area contributed by atoms with E-state index in [0.29, 0.717) is 22.2 Å². The van der Waals surface area contributed by atoms with E-state index in [2.05, 4.69) is 5.32 Å². The molecule has 0 aliphatic carbocycles. The fraction of sp³-hybridized carbons (Fsp3) is 0.158. The van der Waals surface area contributed by atoms with Crippen molar-refractivity contribution in [3.05, 3.63) is 57.1 Å². The van der Waals surface area contributed by atoms with Gasteiger partial charge in [-0.3, -0.25) is 14.5 Å². The summed E-state index contributed by atoms with van der Waals surface area (Å²) in [5, 5.41) is 13.7. The van der Waals surface area contributed by atoms with Crippen LogP contribution in [0.3, 0.4) is 0 Å². The van der Waals surface area contributed by atoms with Crippen molar-refractivity contribution in [2.75, 3.05) is 11.9 Å². The highest BCUT2D eigenvalue weighted by molar-refractivity contribution is 8.26. The number of aromatic carboxylic acids is 1. The third-order valence-electron chi connectivity index (χ3n) is 3.91. The highest BCUT2D eigenvalue weighted by Crippen LogP contribution is 2.33. The van der Waals surface area contributed by atoms with Crippen molar-refractivity contribution in [2.24, 2.45) is 0 Å². The Bertz CT molecular complexity index is 954. The van der Waals surface area contributed by atoms with Crippen LogP contribution in [0, 0.1) is 0 Å². The highest BCUT2D eigenvalue weighted by atomic mass is 32.2. The molecular formula is C19H16N2O4S3. The van der Waals surface area contributed by atoms with E-state index in [4.69, 9.17) is 17.3 Å². The van der Waals surface area contributed by atoms with Gasteiger partial charge in [-0.25, -0.2) is 4.79 Å². The summed E-state index contributed by atoms with van der Waals surface area (Å²) in [5.74, 6) is -1.57. The molecule has 0 unspecified atom stereocenters. The number of carboxylic acid groups (broad SMARTS) is 1. The molecule has 0 saturated carbocycles. The number of carbonyl (C=O) groups is 3. The Hall–Kier alpha value is -2.49. The zero-order valence-corrected chi connectivity index (χ0v) is 17.0. The molecule has 1 aromatic carbocycles. The van der Waals surface area contributed by atoms with Gasteiger partial charge in [-0.05, 0) is 36.1 Å². The van der Waals surface area contributed by atoms with Crippen molar-refractivity contribution in [1.82, 2.24) is 4.90 Å². The lowest BCUT2D eigenvalue weighted by Gasteiger charge is -2.14. The van der Waals surface area contributed by atoms with Crippen LogP contribution in [-0.4, -0.2) is 38.7 Å². The van der Waals surface area contributed by atoms with E-state index >= 15 is 0 Å². The van der Waals surface area contributed by atoms with Crippen molar-refractivity contribution in [1.29, 1.82) is 0 Å². The van der Waals surface area contributed by atoms with Crippen molar-refractivity contribution < 1.29 is 19.5 Å². The molecule has 3 rings (SSSR count). The first kappa shape index (κ1) is 20.2. The summed E-state index contributed by atoms with van der Waals surface area (Å²) >= 11 is 8.08. The molecule has 1 fully saturated rings. The number of nitrogens with zero attached hydrogens (tertiary/aromatic N) is 1. The molecule has 1 saturated heterocycles. The Morgan fingerprint density at radius 1 is 1.21 bits per heavy atom. The maximum Gasteiger partial charge on any atom is 0.337 e. The number of hydrogen-bond donors (Lipinski definition) is 2. The van der Waals surface area contributed by atoms with E-state index in [-0.39, 0.29) is 29.5 Å². The normalized spacial score (nSPS) is 15.3. The first-order chi connectivity index (χ1) is 13.5. The van der Waals surface area contributed by atoms with Gasteiger partial charge in [-0.1, -0.05) is 42.2 Å². The summed E-state index contributed by atoms with van der Waals surface area (Å²) in [5.41, 5.74) is 0.288. The number of thiocarbonyl (C=S) groups is 1. The molecule has 0 spiro atoms. The number of thiophene rings is 1. The molecule has 1 aliphatic heterocycles. The van der Waals surface area contributed by atoms with Gasteiger partial charge >= 0.3 is 5.97 Å². The monoisotopic (exact) mass is 432 g/mol. The maximum atomic E-state index is 12.5. The van der Waals surface area contributed by atoms with Crippen LogP contribution in [0.5, 0.6) is 0 Å². The number of benzene rings is 1. The van der Waals surface area contributed by atoms with E-state index in [1.165, 1.54) is 22.7 Å². The summed E-state index contributed by atoms with van der Waals surface area (Å²) in [7, 11) is 0. The Balaban J connectivity index is 1.54. The average Bonchev–Trinajstić information content (AvgIpc) is 3.26. The molecule has 2 N–H and O–H groups in total. The maximum absolute atomic E-state index is 12.5. The first-order valence-electron chi connectivity index (χ1n) is 8.37. The molecule has 1 aromatic heterocycles. The molecular weight excluding hydrogens is 416 g/mol. The Morgan fingerprint density at radius 2 is 2.00 bits per heavy atom. The highest BCUT2D eigenvalue weighted by Gasteiger charge is 2.31. The molecule has 0 atom stereocenters. The van der Waals surface area contributed by atoms with E-state index in [1.54, 1.807) is 29.5 Å². The minimum Gasteiger partial charge on any atom is -0.478 e. The number of hydrogen-bond acceptors (Lipinski definition) is 6. The minimum atomic E-state index is -1.11. The Labute approximate surface area is 175 Å². The second-order valence-corrected chi connectivity index (χ2v) is 8.51. The summed E-state index contributed by atoms with van der Waals surface area (Å²) < 4.78 is 0.476. The molecule has 2 amide bonds. The van der Waals surface area contributed by atoms with Crippen LogP contribution in [0.1, 0.15) is 28.1 Å². The van der Waals surface area contributed by atoms with Gasteiger partial charge in [0.1, 0.15) is 4.32 Å². The first-order valence-corrected chi connectivity index (χ1v) is 10.5. The Morgan fingerprint density at radius 3 is 2.71 bits per heavy atom. The third-order valence-corrected chi connectivity index (χ3v) is 6.10. The number of rotatable bonds is 7. The van der Waals surface area contributed by atoms with Crippen LogP contribution >= 0.6 is 35.3 Å². The molecule has 2 heterocycles. The van der Waals surface area contributed by atoms with Crippen LogP contribution in [0.2, 0.25) is 0 Å².